The van der Waals surface area contributed by atoms with Crippen LogP contribution in [-0.4, -0.2) is 17.1 Å². The molecule has 96 valence electrons. The molecule has 1 aromatic rings. The van der Waals surface area contributed by atoms with E-state index in [1.165, 1.54) is 0 Å². The number of halogens is 1. The molecule has 2 unspecified atom stereocenters. The van der Waals surface area contributed by atoms with Crippen molar-refractivity contribution in [2.75, 3.05) is 5.32 Å². The van der Waals surface area contributed by atoms with Crippen molar-refractivity contribution in [3.8, 4) is 0 Å². The van der Waals surface area contributed by atoms with E-state index in [4.69, 9.17) is 0 Å². The molecule has 0 heterocycles. The molecule has 2 rings (SSSR count). The zero-order valence-corrected chi connectivity index (χ0v) is 11.6. The SMILES string of the molecule is O=C(O)C(Nc1cccc(Br)c1)C1CC=CCC1. The van der Waals surface area contributed by atoms with E-state index in [0.717, 1.165) is 29.4 Å². The molecule has 0 saturated heterocycles. The van der Waals surface area contributed by atoms with Gasteiger partial charge in [-0.1, -0.05) is 34.1 Å². The van der Waals surface area contributed by atoms with Gasteiger partial charge >= 0.3 is 5.97 Å². The Balaban J connectivity index is 2.11. The normalized spacial score (nSPS) is 20.4. The number of aliphatic carboxylic acids is 1. The molecule has 1 aromatic carbocycles. The number of rotatable bonds is 4. The lowest BCUT2D eigenvalue weighted by atomic mass is 9.87. The summed E-state index contributed by atoms with van der Waals surface area (Å²) in [6.07, 6.45) is 6.92. The number of hydrogen-bond donors (Lipinski definition) is 2. The topological polar surface area (TPSA) is 49.3 Å². The summed E-state index contributed by atoms with van der Waals surface area (Å²) in [6.45, 7) is 0. The summed E-state index contributed by atoms with van der Waals surface area (Å²) < 4.78 is 0.945. The Morgan fingerprint density at radius 3 is 2.89 bits per heavy atom. The molecule has 18 heavy (non-hydrogen) atoms. The minimum atomic E-state index is -0.782. The molecule has 0 bridgehead atoms. The second kappa shape index (κ2) is 6.05. The van der Waals surface area contributed by atoms with Crippen LogP contribution in [0.1, 0.15) is 19.3 Å². The summed E-state index contributed by atoms with van der Waals surface area (Å²) in [5, 5.41) is 12.5. The van der Waals surface area contributed by atoms with Crippen LogP contribution in [0.15, 0.2) is 40.9 Å². The van der Waals surface area contributed by atoms with Gasteiger partial charge in [-0.25, -0.2) is 4.79 Å². The van der Waals surface area contributed by atoms with Gasteiger partial charge in [0.05, 0.1) is 0 Å². The largest absolute Gasteiger partial charge is 0.480 e. The first kappa shape index (κ1) is 13.1. The van der Waals surface area contributed by atoms with Crippen LogP contribution in [0, 0.1) is 5.92 Å². The fourth-order valence-electron chi connectivity index (χ4n) is 2.26. The highest BCUT2D eigenvalue weighted by Gasteiger charge is 2.27. The first-order chi connectivity index (χ1) is 8.66. The minimum absolute atomic E-state index is 0.159. The molecule has 0 fully saturated rings. The van der Waals surface area contributed by atoms with Crippen LogP contribution < -0.4 is 5.32 Å². The minimum Gasteiger partial charge on any atom is -0.480 e. The maximum atomic E-state index is 11.4. The van der Waals surface area contributed by atoms with Crippen molar-refractivity contribution in [1.29, 1.82) is 0 Å². The number of nitrogens with one attached hydrogen (secondary N) is 1. The monoisotopic (exact) mass is 309 g/mol. The summed E-state index contributed by atoms with van der Waals surface area (Å²) in [5.41, 5.74) is 0.839. The molecule has 4 heteroatoms. The van der Waals surface area contributed by atoms with E-state index in [9.17, 15) is 9.90 Å². The zero-order valence-electron chi connectivity index (χ0n) is 9.97. The summed E-state index contributed by atoms with van der Waals surface area (Å²) in [6, 6.07) is 7.08. The molecule has 0 amide bonds. The molecule has 1 aliphatic carbocycles. The molecule has 0 spiro atoms. The van der Waals surface area contributed by atoms with Crippen molar-refractivity contribution in [2.45, 2.75) is 25.3 Å². The first-order valence-electron chi connectivity index (χ1n) is 6.07. The van der Waals surface area contributed by atoms with Gasteiger partial charge in [0.15, 0.2) is 0 Å². The number of hydrogen-bond acceptors (Lipinski definition) is 2. The molecule has 0 aliphatic heterocycles. The molecule has 0 radical (unpaired) electrons. The van der Waals surface area contributed by atoms with Gasteiger partial charge in [-0.2, -0.15) is 0 Å². The summed E-state index contributed by atoms with van der Waals surface area (Å²) >= 11 is 3.39. The third-order valence-corrected chi connectivity index (χ3v) is 3.69. The fourth-order valence-corrected chi connectivity index (χ4v) is 2.66. The number of carboxylic acids is 1. The van der Waals surface area contributed by atoms with E-state index >= 15 is 0 Å². The summed E-state index contributed by atoms with van der Waals surface area (Å²) in [7, 11) is 0. The molecule has 2 atom stereocenters. The highest BCUT2D eigenvalue weighted by molar-refractivity contribution is 9.10. The van der Waals surface area contributed by atoms with E-state index in [1.54, 1.807) is 0 Å². The molecular weight excluding hydrogens is 294 g/mol. The van der Waals surface area contributed by atoms with Crippen LogP contribution >= 0.6 is 15.9 Å². The van der Waals surface area contributed by atoms with Gasteiger partial charge in [-0.15, -0.1) is 0 Å². The van der Waals surface area contributed by atoms with Gasteiger partial charge in [0.25, 0.3) is 0 Å². The van der Waals surface area contributed by atoms with E-state index < -0.39 is 12.0 Å². The number of benzene rings is 1. The van der Waals surface area contributed by atoms with E-state index in [1.807, 2.05) is 24.3 Å². The van der Waals surface area contributed by atoms with Crippen molar-refractivity contribution >= 4 is 27.6 Å². The van der Waals surface area contributed by atoms with E-state index in [0.29, 0.717) is 0 Å². The Morgan fingerprint density at radius 1 is 1.44 bits per heavy atom. The molecule has 2 N–H and O–H groups in total. The summed E-state index contributed by atoms with van der Waals surface area (Å²) in [5.74, 6) is -0.623. The van der Waals surface area contributed by atoms with Crippen LogP contribution in [0.3, 0.4) is 0 Å². The molecule has 0 aromatic heterocycles. The standard InChI is InChI=1S/C14H16BrNO2/c15-11-7-4-8-12(9-11)16-13(14(17)18)10-5-2-1-3-6-10/h1-2,4,7-10,13,16H,3,5-6H2,(H,17,18). The average Bonchev–Trinajstić information content (AvgIpc) is 2.37. The fraction of sp³-hybridized carbons (Fsp3) is 0.357. The lowest BCUT2D eigenvalue weighted by Gasteiger charge is -2.26. The van der Waals surface area contributed by atoms with Gasteiger partial charge in [0, 0.05) is 10.2 Å². The van der Waals surface area contributed by atoms with Crippen molar-refractivity contribution in [3.63, 3.8) is 0 Å². The first-order valence-corrected chi connectivity index (χ1v) is 6.86. The Kier molecular flexibility index (Phi) is 4.42. The maximum absolute atomic E-state index is 11.4. The molecule has 0 saturated carbocycles. The van der Waals surface area contributed by atoms with E-state index in [2.05, 4.69) is 33.4 Å². The Hall–Kier alpha value is -1.29. The zero-order chi connectivity index (χ0) is 13.0. The molecule has 3 nitrogen and oxygen atoms in total. The highest BCUT2D eigenvalue weighted by Crippen LogP contribution is 2.25. The van der Waals surface area contributed by atoms with Crippen molar-refractivity contribution < 1.29 is 9.90 Å². The van der Waals surface area contributed by atoms with Gasteiger partial charge < -0.3 is 10.4 Å². The number of anilines is 1. The third-order valence-electron chi connectivity index (χ3n) is 3.19. The lowest BCUT2D eigenvalue weighted by Crippen LogP contribution is -2.37. The van der Waals surface area contributed by atoms with Crippen LogP contribution in [0.25, 0.3) is 0 Å². The quantitative estimate of drug-likeness (QED) is 0.834. The predicted octanol–water partition coefficient (Wildman–Crippen LogP) is 3.67. The van der Waals surface area contributed by atoms with Crippen LogP contribution in [0.5, 0.6) is 0 Å². The number of allylic oxidation sites excluding steroid dienone is 2. The number of carbonyl (C=O) groups is 1. The van der Waals surface area contributed by atoms with E-state index in [-0.39, 0.29) is 5.92 Å². The Bertz CT molecular complexity index is 459. The second-order valence-corrected chi connectivity index (χ2v) is 5.43. The van der Waals surface area contributed by atoms with Crippen LogP contribution in [-0.2, 0) is 4.79 Å². The van der Waals surface area contributed by atoms with Crippen LogP contribution in [0.4, 0.5) is 5.69 Å². The van der Waals surface area contributed by atoms with Gasteiger partial charge in [0.1, 0.15) is 6.04 Å². The van der Waals surface area contributed by atoms with Gasteiger partial charge in [-0.05, 0) is 43.4 Å². The third kappa shape index (κ3) is 3.35. The van der Waals surface area contributed by atoms with Gasteiger partial charge in [0.2, 0.25) is 0 Å². The average molecular weight is 310 g/mol. The predicted molar refractivity (Wildman–Crippen MR) is 75.7 cm³/mol. The Morgan fingerprint density at radius 2 is 2.28 bits per heavy atom. The second-order valence-electron chi connectivity index (χ2n) is 4.52. The lowest BCUT2D eigenvalue weighted by molar-refractivity contribution is -0.139. The molecule has 1 aliphatic rings. The van der Waals surface area contributed by atoms with Crippen molar-refractivity contribution in [1.82, 2.24) is 0 Å². The number of carboxylic acid groups (broad SMARTS) is 1. The smallest absolute Gasteiger partial charge is 0.326 e. The van der Waals surface area contributed by atoms with Crippen LogP contribution in [0.2, 0.25) is 0 Å². The summed E-state index contributed by atoms with van der Waals surface area (Å²) in [4.78, 5) is 11.4. The van der Waals surface area contributed by atoms with Crippen molar-refractivity contribution in [3.05, 3.63) is 40.9 Å². The van der Waals surface area contributed by atoms with Crippen molar-refractivity contribution in [2.24, 2.45) is 5.92 Å². The Labute approximate surface area is 115 Å². The maximum Gasteiger partial charge on any atom is 0.326 e. The van der Waals surface area contributed by atoms with Gasteiger partial charge in [-0.3, -0.25) is 0 Å². The molecular formula is C14H16BrNO2. The highest BCUT2D eigenvalue weighted by atomic mass is 79.9.